The van der Waals surface area contributed by atoms with Gasteiger partial charge in [-0.05, 0) is 25.9 Å². The summed E-state index contributed by atoms with van der Waals surface area (Å²) in [6.45, 7) is 8.38. The SMILES string of the molecule is [CH2]CCCNCCCCCC. The molecule has 0 aromatic rings. The van der Waals surface area contributed by atoms with Gasteiger partial charge < -0.3 is 5.32 Å². The summed E-state index contributed by atoms with van der Waals surface area (Å²) in [5.41, 5.74) is 0. The molecule has 0 bridgehead atoms. The molecule has 0 saturated heterocycles. The first-order chi connectivity index (χ1) is 5.41. The summed E-state index contributed by atoms with van der Waals surface area (Å²) in [6.07, 6.45) is 7.71. The molecule has 11 heavy (non-hydrogen) atoms. The standard InChI is InChI=1S/C10H22N/c1-3-5-7-8-10-11-9-6-4-2/h11H,2-10H2,1H3. The molecule has 0 aliphatic carbocycles. The number of nitrogens with one attached hydrogen (secondary N) is 1. The van der Waals surface area contributed by atoms with Crippen molar-refractivity contribution >= 4 is 0 Å². The largest absolute Gasteiger partial charge is 0.317 e. The maximum atomic E-state index is 3.79. The van der Waals surface area contributed by atoms with Gasteiger partial charge in [0.2, 0.25) is 0 Å². The molecular formula is C10H22N. The summed E-state index contributed by atoms with van der Waals surface area (Å²) in [5.74, 6) is 0. The maximum Gasteiger partial charge on any atom is -0.00489 e. The van der Waals surface area contributed by atoms with Gasteiger partial charge in [0.25, 0.3) is 0 Å². The lowest BCUT2D eigenvalue weighted by Crippen LogP contribution is -2.16. The molecule has 0 fully saturated rings. The van der Waals surface area contributed by atoms with Gasteiger partial charge in [-0.2, -0.15) is 0 Å². The monoisotopic (exact) mass is 156 g/mol. The summed E-state index contributed by atoms with van der Waals surface area (Å²) >= 11 is 0. The third kappa shape index (κ3) is 9.96. The summed E-state index contributed by atoms with van der Waals surface area (Å²) < 4.78 is 0. The van der Waals surface area contributed by atoms with E-state index in [9.17, 15) is 0 Å². The van der Waals surface area contributed by atoms with E-state index in [1.807, 2.05) is 0 Å². The Morgan fingerprint density at radius 1 is 1.00 bits per heavy atom. The zero-order valence-electron chi connectivity index (χ0n) is 7.86. The average molecular weight is 156 g/mol. The van der Waals surface area contributed by atoms with E-state index in [4.69, 9.17) is 0 Å². The summed E-state index contributed by atoms with van der Waals surface area (Å²) in [6, 6.07) is 0. The van der Waals surface area contributed by atoms with Crippen LogP contribution in [0.1, 0.15) is 45.4 Å². The lowest BCUT2D eigenvalue weighted by Gasteiger charge is -2.02. The van der Waals surface area contributed by atoms with Crippen molar-refractivity contribution in [2.75, 3.05) is 13.1 Å². The van der Waals surface area contributed by atoms with Crippen LogP contribution >= 0.6 is 0 Å². The van der Waals surface area contributed by atoms with Crippen molar-refractivity contribution in [2.24, 2.45) is 0 Å². The second-order valence-electron chi connectivity index (χ2n) is 3.02. The van der Waals surface area contributed by atoms with Gasteiger partial charge in [0.15, 0.2) is 0 Å². The van der Waals surface area contributed by atoms with Crippen LogP contribution in [-0.4, -0.2) is 13.1 Å². The van der Waals surface area contributed by atoms with Gasteiger partial charge >= 0.3 is 0 Å². The molecule has 1 N–H and O–H groups in total. The molecule has 1 heteroatoms. The van der Waals surface area contributed by atoms with Crippen LogP contribution in [0.3, 0.4) is 0 Å². The molecule has 1 nitrogen and oxygen atoms in total. The predicted molar refractivity (Wildman–Crippen MR) is 51.6 cm³/mol. The molecule has 0 saturated carbocycles. The van der Waals surface area contributed by atoms with Crippen LogP contribution in [0.4, 0.5) is 0 Å². The molecule has 0 atom stereocenters. The van der Waals surface area contributed by atoms with E-state index in [1.54, 1.807) is 0 Å². The Kier molecular flexibility index (Phi) is 9.92. The highest BCUT2D eigenvalue weighted by atomic mass is 14.8. The van der Waals surface area contributed by atoms with E-state index in [1.165, 1.54) is 38.6 Å². The predicted octanol–water partition coefficient (Wildman–Crippen LogP) is 2.77. The fourth-order valence-electron chi connectivity index (χ4n) is 1.05. The summed E-state index contributed by atoms with van der Waals surface area (Å²) in [5, 5.41) is 3.41. The van der Waals surface area contributed by atoms with Crippen LogP contribution in [0.25, 0.3) is 0 Å². The van der Waals surface area contributed by atoms with Gasteiger partial charge in [0.05, 0.1) is 0 Å². The Labute approximate surface area is 71.6 Å². The summed E-state index contributed by atoms with van der Waals surface area (Å²) in [4.78, 5) is 0. The Morgan fingerprint density at radius 2 is 1.73 bits per heavy atom. The van der Waals surface area contributed by atoms with E-state index in [0.717, 1.165) is 13.0 Å². The van der Waals surface area contributed by atoms with Crippen LogP contribution in [0, 0.1) is 6.92 Å². The minimum Gasteiger partial charge on any atom is -0.317 e. The Hall–Kier alpha value is -0.0400. The maximum absolute atomic E-state index is 3.79. The van der Waals surface area contributed by atoms with Crippen molar-refractivity contribution < 1.29 is 0 Å². The van der Waals surface area contributed by atoms with Crippen molar-refractivity contribution in [3.05, 3.63) is 6.92 Å². The van der Waals surface area contributed by atoms with Crippen molar-refractivity contribution in [1.29, 1.82) is 0 Å². The van der Waals surface area contributed by atoms with Gasteiger partial charge in [-0.3, -0.25) is 0 Å². The normalized spacial score (nSPS) is 10.4. The molecule has 0 aliphatic heterocycles. The smallest absolute Gasteiger partial charge is 0.00489 e. The van der Waals surface area contributed by atoms with Crippen molar-refractivity contribution in [3.8, 4) is 0 Å². The van der Waals surface area contributed by atoms with Crippen LogP contribution in [0.2, 0.25) is 0 Å². The fourth-order valence-corrected chi connectivity index (χ4v) is 1.05. The Balaban J connectivity index is 2.69. The average Bonchev–Trinajstić information content (AvgIpc) is 2.03. The van der Waals surface area contributed by atoms with Gasteiger partial charge in [-0.15, -0.1) is 0 Å². The minimum absolute atomic E-state index is 1.06. The highest BCUT2D eigenvalue weighted by molar-refractivity contribution is 4.49. The first-order valence-corrected chi connectivity index (χ1v) is 4.91. The highest BCUT2D eigenvalue weighted by Crippen LogP contribution is 1.96. The van der Waals surface area contributed by atoms with Gasteiger partial charge in [0, 0.05) is 0 Å². The number of hydrogen-bond acceptors (Lipinski definition) is 1. The Morgan fingerprint density at radius 3 is 2.36 bits per heavy atom. The quantitative estimate of drug-likeness (QED) is 0.533. The van der Waals surface area contributed by atoms with Gasteiger partial charge in [-0.1, -0.05) is 39.5 Å². The molecular weight excluding hydrogens is 134 g/mol. The van der Waals surface area contributed by atoms with Crippen LogP contribution in [-0.2, 0) is 0 Å². The van der Waals surface area contributed by atoms with Crippen LogP contribution in [0.5, 0.6) is 0 Å². The first-order valence-electron chi connectivity index (χ1n) is 4.91. The van der Waals surface area contributed by atoms with Crippen molar-refractivity contribution in [1.82, 2.24) is 5.32 Å². The van der Waals surface area contributed by atoms with Crippen LogP contribution in [0.15, 0.2) is 0 Å². The second-order valence-corrected chi connectivity index (χ2v) is 3.02. The highest BCUT2D eigenvalue weighted by Gasteiger charge is 1.87. The zero-order chi connectivity index (χ0) is 8.36. The zero-order valence-corrected chi connectivity index (χ0v) is 7.86. The lowest BCUT2D eigenvalue weighted by atomic mass is 10.2. The topological polar surface area (TPSA) is 12.0 Å². The molecule has 1 radical (unpaired) electrons. The lowest BCUT2D eigenvalue weighted by molar-refractivity contribution is 0.587. The van der Waals surface area contributed by atoms with E-state index in [0.29, 0.717) is 0 Å². The van der Waals surface area contributed by atoms with E-state index in [2.05, 4.69) is 19.2 Å². The van der Waals surface area contributed by atoms with Gasteiger partial charge in [0.1, 0.15) is 0 Å². The van der Waals surface area contributed by atoms with E-state index >= 15 is 0 Å². The molecule has 0 unspecified atom stereocenters. The third-order valence-corrected chi connectivity index (χ3v) is 1.81. The van der Waals surface area contributed by atoms with Crippen molar-refractivity contribution in [2.45, 2.75) is 45.4 Å². The minimum atomic E-state index is 1.06. The molecule has 0 aromatic carbocycles. The Bertz CT molecular complexity index is 53.9. The molecule has 0 aromatic heterocycles. The molecule has 0 rings (SSSR count). The molecule has 0 heterocycles. The molecule has 0 amide bonds. The summed E-state index contributed by atoms with van der Waals surface area (Å²) in [7, 11) is 0. The second kappa shape index (κ2) is 9.96. The van der Waals surface area contributed by atoms with Gasteiger partial charge in [-0.25, -0.2) is 0 Å². The molecule has 0 spiro atoms. The van der Waals surface area contributed by atoms with Crippen LogP contribution < -0.4 is 5.32 Å². The number of hydrogen-bond donors (Lipinski definition) is 1. The third-order valence-electron chi connectivity index (χ3n) is 1.81. The van der Waals surface area contributed by atoms with E-state index < -0.39 is 0 Å². The van der Waals surface area contributed by atoms with E-state index in [-0.39, 0.29) is 0 Å². The first kappa shape index (κ1) is 11.0. The fraction of sp³-hybridized carbons (Fsp3) is 0.900. The molecule has 0 aliphatic rings. The number of rotatable bonds is 8. The van der Waals surface area contributed by atoms with Crippen molar-refractivity contribution in [3.63, 3.8) is 0 Å². The molecule has 67 valence electrons. The number of unbranched alkanes of at least 4 members (excludes halogenated alkanes) is 4.